The third kappa shape index (κ3) is 10.8. The second-order valence-corrected chi connectivity index (χ2v) is 4.36. The van der Waals surface area contributed by atoms with Gasteiger partial charge in [-0.05, 0) is 40.5 Å². The number of ketones is 4. The third-order valence-electron chi connectivity index (χ3n) is 2.78. The van der Waals surface area contributed by atoms with Gasteiger partial charge in [0.05, 0.1) is 11.8 Å². The summed E-state index contributed by atoms with van der Waals surface area (Å²) in [7, 11) is 0. The molecule has 5 heteroatoms. The summed E-state index contributed by atoms with van der Waals surface area (Å²) >= 11 is 0. The van der Waals surface area contributed by atoms with E-state index in [1.165, 1.54) is 27.7 Å². The molecule has 0 heterocycles. The Morgan fingerprint density at radius 3 is 0.789 bits per heavy atom. The summed E-state index contributed by atoms with van der Waals surface area (Å²) in [5.74, 6) is -0.806. The Hall–Kier alpha value is -0.801. The van der Waals surface area contributed by atoms with E-state index in [4.69, 9.17) is 0 Å². The molecule has 0 fully saturated rings. The number of hydrogen-bond donors (Lipinski definition) is 0. The first-order valence-corrected chi connectivity index (χ1v) is 6.20. The van der Waals surface area contributed by atoms with Crippen molar-refractivity contribution in [3.05, 3.63) is 0 Å². The average molecular weight is 320 g/mol. The van der Waals surface area contributed by atoms with Crippen molar-refractivity contribution in [2.24, 2.45) is 11.8 Å². The van der Waals surface area contributed by atoms with Crippen molar-refractivity contribution in [1.82, 2.24) is 0 Å². The molecule has 1 radical (unpaired) electrons. The number of rotatable bonds is 6. The van der Waals surface area contributed by atoms with Crippen LogP contribution >= 0.6 is 0 Å². The molecule has 115 valence electrons. The zero-order chi connectivity index (χ0) is 14.9. The molecule has 0 aliphatic carbocycles. The minimum atomic E-state index is -0.356. The minimum Gasteiger partial charge on any atom is -0.299 e. The standard InChI is InChI=1S/2C7H12O2.Cu/c2*1-4-7(5(2)8)6(3)9;/h2*7H,4H2,1-3H3;. The largest absolute Gasteiger partial charge is 0.299 e. The Morgan fingerprint density at radius 2 is 0.789 bits per heavy atom. The van der Waals surface area contributed by atoms with E-state index in [9.17, 15) is 19.2 Å². The molecule has 0 aliphatic rings. The summed E-state index contributed by atoms with van der Waals surface area (Å²) in [6.07, 6.45) is 1.26. The van der Waals surface area contributed by atoms with Crippen LogP contribution in [0.1, 0.15) is 54.4 Å². The average Bonchev–Trinajstić information content (AvgIpc) is 2.17. The molecule has 0 atom stereocenters. The molecule has 0 amide bonds. The van der Waals surface area contributed by atoms with E-state index in [0.717, 1.165) is 0 Å². The molecule has 0 aromatic carbocycles. The summed E-state index contributed by atoms with van der Waals surface area (Å²) in [5, 5.41) is 0. The van der Waals surface area contributed by atoms with E-state index in [-0.39, 0.29) is 52.0 Å². The maximum absolute atomic E-state index is 10.6. The van der Waals surface area contributed by atoms with E-state index in [0.29, 0.717) is 12.8 Å². The van der Waals surface area contributed by atoms with Crippen molar-refractivity contribution in [3.63, 3.8) is 0 Å². The molecule has 0 saturated heterocycles. The second kappa shape index (κ2) is 12.2. The van der Waals surface area contributed by atoms with E-state index in [1.807, 2.05) is 13.8 Å². The molecule has 0 rings (SSSR count). The van der Waals surface area contributed by atoms with Gasteiger partial charge in [0.25, 0.3) is 0 Å². The Bertz CT molecular complexity index is 263. The van der Waals surface area contributed by atoms with Crippen molar-refractivity contribution < 1.29 is 36.2 Å². The van der Waals surface area contributed by atoms with Gasteiger partial charge < -0.3 is 0 Å². The zero-order valence-corrected chi connectivity index (χ0v) is 13.4. The molecule has 0 aromatic heterocycles. The predicted molar refractivity (Wildman–Crippen MR) is 70.3 cm³/mol. The van der Waals surface area contributed by atoms with Crippen molar-refractivity contribution >= 4 is 23.1 Å². The van der Waals surface area contributed by atoms with Crippen molar-refractivity contribution in [1.29, 1.82) is 0 Å². The topological polar surface area (TPSA) is 68.3 Å². The molecule has 19 heavy (non-hydrogen) atoms. The number of Topliss-reactive ketones (excluding diaryl/α,β-unsaturated/α-hetero) is 4. The third-order valence-corrected chi connectivity index (χ3v) is 2.78. The molecule has 0 N–H and O–H groups in total. The van der Waals surface area contributed by atoms with Gasteiger partial charge in [-0.2, -0.15) is 0 Å². The van der Waals surface area contributed by atoms with E-state index < -0.39 is 0 Å². The van der Waals surface area contributed by atoms with Crippen LogP contribution in [0.4, 0.5) is 0 Å². The van der Waals surface area contributed by atoms with Crippen molar-refractivity contribution in [2.45, 2.75) is 54.4 Å². The fraction of sp³-hybridized carbons (Fsp3) is 0.714. The van der Waals surface area contributed by atoms with Crippen LogP contribution in [0.5, 0.6) is 0 Å². The van der Waals surface area contributed by atoms with E-state index in [2.05, 4.69) is 0 Å². The molecular weight excluding hydrogens is 296 g/mol. The van der Waals surface area contributed by atoms with Crippen molar-refractivity contribution in [2.75, 3.05) is 0 Å². The monoisotopic (exact) mass is 319 g/mol. The predicted octanol–water partition coefficient (Wildman–Crippen LogP) is 2.38. The maximum atomic E-state index is 10.6. The van der Waals surface area contributed by atoms with Crippen LogP contribution in [0.15, 0.2) is 0 Å². The molecular formula is C14H24CuO4. The Balaban J connectivity index is -0.000000256. The first-order valence-electron chi connectivity index (χ1n) is 6.20. The van der Waals surface area contributed by atoms with Crippen LogP contribution in [0, 0.1) is 11.8 Å². The summed E-state index contributed by atoms with van der Waals surface area (Å²) in [6, 6.07) is 0. The van der Waals surface area contributed by atoms with Gasteiger partial charge in [-0.15, -0.1) is 0 Å². The quantitative estimate of drug-likeness (QED) is 0.557. The Kier molecular flexibility index (Phi) is 15.0. The van der Waals surface area contributed by atoms with Crippen LogP contribution in [-0.4, -0.2) is 23.1 Å². The maximum Gasteiger partial charge on any atom is 0.140 e. The van der Waals surface area contributed by atoms with Gasteiger partial charge in [0.15, 0.2) is 0 Å². The Labute approximate surface area is 126 Å². The fourth-order valence-corrected chi connectivity index (χ4v) is 1.72. The summed E-state index contributed by atoms with van der Waals surface area (Å²) in [6.45, 7) is 9.50. The van der Waals surface area contributed by atoms with Gasteiger partial charge in [-0.25, -0.2) is 0 Å². The van der Waals surface area contributed by atoms with Gasteiger partial charge in [0.1, 0.15) is 23.1 Å². The molecule has 0 aliphatic heterocycles. The number of carbonyl (C=O) groups is 4. The molecule has 0 aromatic rings. The van der Waals surface area contributed by atoms with E-state index >= 15 is 0 Å². The van der Waals surface area contributed by atoms with Crippen LogP contribution in [0.25, 0.3) is 0 Å². The van der Waals surface area contributed by atoms with Gasteiger partial charge in [-0.3, -0.25) is 19.2 Å². The SMILES string of the molecule is CCC(C(C)=O)C(C)=O.CCC(C(C)=O)C(C)=O.[Cu]. The molecule has 4 nitrogen and oxygen atoms in total. The summed E-state index contributed by atoms with van der Waals surface area (Å²) < 4.78 is 0. The van der Waals surface area contributed by atoms with Gasteiger partial charge in [-0.1, -0.05) is 13.8 Å². The molecule has 0 spiro atoms. The second-order valence-electron chi connectivity index (χ2n) is 4.36. The van der Waals surface area contributed by atoms with Crippen LogP contribution in [0.2, 0.25) is 0 Å². The number of hydrogen-bond acceptors (Lipinski definition) is 4. The zero-order valence-electron chi connectivity index (χ0n) is 12.5. The molecule has 0 unspecified atom stereocenters. The molecule has 0 saturated carbocycles. The van der Waals surface area contributed by atoms with Gasteiger partial charge >= 0.3 is 0 Å². The summed E-state index contributed by atoms with van der Waals surface area (Å²) in [5.41, 5.74) is 0. The van der Waals surface area contributed by atoms with E-state index in [1.54, 1.807) is 0 Å². The Morgan fingerprint density at radius 1 is 0.632 bits per heavy atom. The fourth-order valence-electron chi connectivity index (χ4n) is 1.72. The van der Waals surface area contributed by atoms with Crippen molar-refractivity contribution in [3.8, 4) is 0 Å². The van der Waals surface area contributed by atoms with Crippen LogP contribution in [0.3, 0.4) is 0 Å². The summed E-state index contributed by atoms with van der Waals surface area (Å²) in [4.78, 5) is 42.4. The molecule has 0 bridgehead atoms. The van der Waals surface area contributed by atoms with Crippen LogP contribution in [-0.2, 0) is 36.2 Å². The first kappa shape index (κ1) is 23.3. The number of carbonyl (C=O) groups excluding carboxylic acids is 4. The van der Waals surface area contributed by atoms with Crippen LogP contribution < -0.4 is 0 Å². The first-order chi connectivity index (χ1) is 8.18. The smallest absolute Gasteiger partial charge is 0.140 e. The minimum absolute atomic E-state index is 0. The van der Waals surface area contributed by atoms with Gasteiger partial charge in [0, 0.05) is 17.1 Å². The normalized spacial score (nSPS) is 9.26. The van der Waals surface area contributed by atoms with Gasteiger partial charge in [0.2, 0.25) is 0 Å².